The lowest BCUT2D eigenvalue weighted by molar-refractivity contribution is -0.121. The van der Waals surface area contributed by atoms with Crippen molar-refractivity contribution in [3.05, 3.63) is 59.1 Å². The Morgan fingerprint density at radius 1 is 1.23 bits per heavy atom. The first kappa shape index (κ1) is 18.5. The molecule has 1 heterocycles. The number of aryl methyl sites for hydroxylation is 1. The largest absolute Gasteiger partial charge is 0.324 e. The topological polar surface area (TPSA) is 66.5 Å². The van der Waals surface area contributed by atoms with Crippen LogP contribution < -0.4 is 10.2 Å². The molecule has 1 saturated heterocycles. The summed E-state index contributed by atoms with van der Waals surface area (Å²) in [5.41, 5.74) is 2.09. The van der Waals surface area contributed by atoms with Crippen LogP contribution in [0.3, 0.4) is 0 Å². The van der Waals surface area contributed by atoms with Gasteiger partial charge in [0.15, 0.2) is 0 Å². The third kappa shape index (κ3) is 4.08. The van der Waals surface area contributed by atoms with Gasteiger partial charge in [0.05, 0.1) is 27.4 Å². The summed E-state index contributed by atoms with van der Waals surface area (Å²) in [4.78, 5) is 38.0. The molecule has 0 aromatic heterocycles. The Kier molecular flexibility index (Phi) is 5.64. The van der Waals surface area contributed by atoms with Crippen molar-refractivity contribution in [2.75, 3.05) is 16.0 Å². The fourth-order valence-corrected chi connectivity index (χ4v) is 3.88. The van der Waals surface area contributed by atoms with E-state index in [4.69, 9.17) is 11.6 Å². The van der Waals surface area contributed by atoms with Crippen LogP contribution in [0.5, 0.6) is 0 Å². The quantitative estimate of drug-likeness (QED) is 0.794. The van der Waals surface area contributed by atoms with Gasteiger partial charge in [-0.25, -0.2) is 4.90 Å². The molecular weight excluding hydrogens is 372 g/mol. The van der Waals surface area contributed by atoms with Crippen LogP contribution in [-0.4, -0.2) is 28.7 Å². The molecule has 0 spiro atoms. The second-order valence-corrected chi connectivity index (χ2v) is 7.54. The van der Waals surface area contributed by atoms with Crippen molar-refractivity contribution in [2.24, 2.45) is 0 Å². The van der Waals surface area contributed by atoms with Crippen LogP contribution in [0.2, 0.25) is 5.02 Å². The Bertz CT molecular complexity index is 857. The van der Waals surface area contributed by atoms with E-state index in [0.29, 0.717) is 16.4 Å². The van der Waals surface area contributed by atoms with Crippen molar-refractivity contribution in [3.8, 4) is 0 Å². The van der Waals surface area contributed by atoms with Gasteiger partial charge in [-0.05, 0) is 36.8 Å². The zero-order chi connectivity index (χ0) is 18.7. The van der Waals surface area contributed by atoms with Crippen molar-refractivity contribution in [1.82, 2.24) is 0 Å². The molecule has 0 bridgehead atoms. The summed E-state index contributed by atoms with van der Waals surface area (Å²) in [5.74, 6) is -0.733. The second kappa shape index (κ2) is 7.93. The summed E-state index contributed by atoms with van der Waals surface area (Å²) in [6, 6.07) is 14.2. The van der Waals surface area contributed by atoms with Gasteiger partial charge >= 0.3 is 0 Å². The monoisotopic (exact) mass is 388 g/mol. The molecule has 7 heteroatoms. The Morgan fingerprint density at radius 3 is 2.65 bits per heavy atom. The first-order valence-electron chi connectivity index (χ1n) is 8.05. The zero-order valence-corrected chi connectivity index (χ0v) is 15.6. The van der Waals surface area contributed by atoms with Gasteiger partial charge in [-0.15, -0.1) is 11.8 Å². The lowest BCUT2D eigenvalue weighted by Crippen LogP contribution is -2.31. The fourth-order valence-electron chi connectivity index (χ4n) is 2.67. The average molecular weight is 389 g/mol. The maximum absolute atomic E-state index is 12.5. The van der Waals surface area contributed by atoms with Crippen LogP contribution in [0.15, 0.2) is 48.5 Å². The van der Waals surface area contributed by atoms with E-state index < -0.39 is 5.25 Å². The van der Waals surface area contributed by atoms with Crippen molar-refractivity contribution in [1.29, 1.82) is 0 Å². The van der Waals surface area contributed by atoms with Gasteiger partial charge in [0.1, 0.15) is 0 Å². The van der Waals surface area contributed by atoms with Crippen molar-refractivity contribution < 1.29 is 14.4 Å². The lowest BCUT2D eigenvalue weighted by atomic mass is 10.2. The first-order valence-corrected chi connectivity index (χ1v) is 9.48. The molecule has 5 nitrogen and oxygen atoms in total. The second-order valence-electron chi connectivity index (χ2n) is 5.94. The average Bonchev–Trinajstić information content (AvgIpc) is 2.90. The summed E-state index contributed by atoms with van der Waals surface area (Å²) in [6.45, 7) is 1.91. The van der Waals surface area contributed by atoms with Crippen LogP contribution >= 0.6 is 23.4 Å². The normalized spacial score (nSPS) is 16.8. The number of anilines is 2. The minimum Gasteiger partial charge on any atom is -0.324 e. The molecule has 0 aliphatic carbocycles. The Labute approximate surface area is 160 Å². The molecule has 134 valence electrons. The standard InChI is InChI=1S/C19H17ClN2O3S/c1-12-7-8-15(14(20)9-12)21-17(23)11-26-16-10-18(24)22(19(16)25)13-5-3-2-4-6-13/h2-9,16H,10-11H2,1H3,(H,21,23)/t16-/m1/s1. The van der Waals surface area contributed by atoms with E-state index in [9.17, 15) is 14.4 Å². The van der Waals surface area contributed by atoms with E-state index in [-0.39, 0.29) is 29.9 Å². The third-order valence-corrected chi connectivity index (χ3v) is 5.45. The van der Waals surface area contributed by atoms with Crippen LogP contribution in [0.4, 0.5) is 11.4 Å². The van der Waals surface area contributed by atoms with Crippen LogP contribution in [0.1, 0.15) is 12.0 Å². The number of para-hydroxylation sites is 1. The molecule has 0 unspecified atom stereocenters. The molecule has 3 rings (SSSR count). The van der Waals surface area contributed by atoms with Crippen LogP contribution in [0.25, 0.3) is 0 Å². The predicted octanol–water partition coefficient (Wildman–Crippen LogP) is 3.65. The Morgan fingerprint density at radius 2 is 1.96 bits per heavy atom. The van der Waals surface area contributed by atoms with Gasteiger partial charge in [-0.3, -0.25) is 14.4 Å². The van der Waals surface area contributed by atoms with Gasteiger partial charge < -0.3 is 5.32 Å². The summed E-state index contributed by atoms with van der Waals surface area (Å²) in [6.07, 6.45) is 0.0942. The number of nitrogens with zero attached hydrogens (tertiary/aromatic N) is 1. The minimum atomic E-state index is -0.554. The van der Waals surface area contributed by atoms with E-state index in [1.54, 1.807) is 36.4 Å². The SMILES string of the molecule is Cc1ccc(NC(=O)CS[C@@H]2CC(=O)N(c3ccccc3)C2=O)c(Cl)c1. The van der Waals surface area contributed by atoms with Gasteiger partial charge in [-0.2, -0.15) is 0 Å². The number of carbonyl (C=O) groups is 3. The van der Waals surface area contributed by atoms with E-state index in [1.807, 2.05) is 19.1 Å². The highest BCUT2D eigenvalue weighted by Gasteiger charge is 2.39. The van der Waals surface area contributed by atoms with Gasteiger partial charge in [0.25, 0.3) is 0 Å². The number of nitrogens with one attached hydrogen (secondary N) is 1. The maximum atomic E-state index is 12.5. The van der Waals surface area contributed by atoms with Gasteiger partial charge in [0.2, 0.25) is 17.7 Å². The number of imide groups is 1. The molecule has 1 N–H and O–H groups in total. The fraction of sp³-hybridized carbons (Fsp3) is 0.211. The summed E-state index contributed by atoms with van der Waals surface area (Å²) >= 11 is 7.27. The summed E-state index contributed by atoms with van der Waals surface area (Å²) in [7, 11) is 0. The third-order valence-electron chi connectivity index (χ3n) is 3.93. The first-order chi connectivity index (χ1) is 12.5. The highest BCUT2D eigenvalue weighted by atomic mass is 35.5. The van der Waals surface area contributed by atoms with E-state index in [2.05, 4.69) is 5.32 Å². The molecule has 1 atom stereocenters. The van der Waals surface area contributed by atoms with Crippen molar-refractivity contribution in [2.45, 2.75) is 18.6 Å². The molecular formula is C19H17ClN2O3S. The number of benzene rings is 2. The summed E-state index contributed by atoms with van der Waals surface area (Å²) in [5, 5.41) is 2.64. The van der Waals surface area contributed by atoms with Gasteiger partial charge in [-0.1, -0.05) is 35.9 Å². The number of hydrogen-bond donors (Lipinski definition) is 1. The molecule has 0 radical (unpaired) electrons. The highest BCUT2D eigenvalue weighted by Crippen LogP contribution is 2.30. The van der Waals surface area contributed by atoms with E-state index >= 15 is 0 Å². The van der Waals surface area contributed by atoms with E-state index in [0.717, 1.165) is 17.3 Å². The Hall–Kier alpha value is -2.31. The highest BCUT2D eigenvalue weighted by molar-refractivity contribution is 8.01. The smallest absolute Gasteiger partial charge is 0.247 e. The maximum Gasteiger partial charge on any atom is 0.247 e. The van der Waals surface area contributed by atoms with Crippen LogP contribution in [0, 0.1) is 6.92 Å². The number of halogens is 1. The molecule has 2 aromatic carbocycles. The Balaban J connectivity index is 1.59. The van der Waals surface area contributed by atoms with Gasteiger partial charge in [0, 0.05) is 6.42 Å². The number of thioether (sulfide) groups is 1. The minimum absolute atomic E-state index is 0.0660. The number of amides is 3. The number of rotatable bonds is 5. The van der Waals surface area contributed by atoms with E-state index in [1.165, 1.54) is 4.90 Å². The molecule has 1 fully saturated rings. The predicted molar refractivity (Wildman–Crippen MR) is 105 cm³/mol. The molecule has 0 saturated carbocycles. The molecule has 26 heavy (non-hydrogen) atoms. The number of carbonyl (C=O) groups excluding carboxylic acids is 3. The summed E-state index contributed by atoms with van der Waals surface area (Å²) < 4.78 is 0. The lowest BCUT2D eigenvalue weighted by Gasteiger charge is -2.14. The molecule has 3 amide bonds. The molecule has 1 aliphatic heterocycles. The zero-order valence-electron chi connectivity index (χ0n) is 14.1. The number of hydrogen-bond acceptors (Lipinski definition) is 4. The van der Waals surface area contributed by atoms with Crippen molar-refractivity contribution in [3.63, 3.8) is 0 Å². The van der Waals surface area contributed by atoms with Crippen molar-refractivity contribution >= 4 is 52.5 Å². The van der Waals surface area contributed by atoms with Crippen LogP contribution in [-0.2, 0) is 14.4 Å². The molecule has 2 aromatic rings. The molecule has 1 aliphatic rings.